The first-order valence-electron chi connectivity index (χ1n) is 4.88. The molecule has 0 saturated carbocycles. The predicted molar refractivity (Wildman–Crippen MR) is 52.3 cm³/mol. The van der Waals surface area contributed by atoms with Gasteiger partial charge in [0.05, 0.1) is 11.1 Å². The number of nitrogens with zero attached hydrogens (tertiary/aromatic N) is 2. The summed E-state index contributed by atoms with van der Waals surface area (Å²) in [7, 11) is 0. The van der Waals surface area contributed by atoms with E-state index in [4.69, 9.17) is 0 Å². The molecule has 0 saturated heterocycles. The molecule has 0 heterocycles. The Balaban J connectivity index is 4.56. The Morgan fingerprint density at radius 1 is 0.875 bits per heavy atom. The normalized spacial score (nSPS) is 13.0. The fourth-order valence-corrected chi connectivity index (χ4v) is 1.05. The van der Waals surface area contributed by atoms with Crippen molar-refractivity contribution in [3.63, 3.8) is 0 Å². The van der Waals surface area contributed by atoms with Crippen molar-refractivity contribution in [1.29, 1.82) is 0 Å². The van der Waals surface area contributed by atoms with E-state index >= 15 is 0 Å². The first kappa shape index (κ1) is 14.5. The number of rotatable bonds is 6. The molecule has 0 aliphatic carbocycles. The molecule has 0 aromatic rings. The van der Waals surface area contributed by atoms with Crippen molar-refractivity contribution < 1.29 is 19.8 Å². The Morgan fingerprint density at radius 2 is 1.12 bits per heavy atom. The van der Waals surface area contributed by atoms with Crippen molar-refractivity contribution >= 4 is 11.9 Å². The highest BCUT2D eigenvalue weighted by molar-refractivity contribution is 5.66. The molecular formula is C10H16N2O4-2. The second kappa shape index (κ2) is 5.05. The molecule has 0 N–H and O–H groups in total. The minimum Gasteiger partial charge on any atom is -0.550 e. The molecule has 6 heteroatoms. The minimum atomic E-state index is -1.22. The maximum absolute atomic E-state index is 10.4. The minimum absolute atomic E-state index is 0.266. The highest BCUT2D eigenvalue weighted by Crippen LogP contribution is 2.20. The summed E-state index contributed by atoms with van der Waals surface area (Å²) in [6.07, 6.45) is -0.532. The molecule has 0 aromatic heterocycles. The number of hydrogen-bond acceptors (Lipinski definition) is 6. The third kappa shape index (κ3) is 6.92. The number of carbonyl (C=O) groups excluding carboxylic acids is 2. The first-order valence-corrected chi connectivity index (χ1v) is 4.88. The average molecular weight is 228 g/mol. The number of hydrogen-bond donors (Lipinski definition) is 0. The van der Waals surface area contributed by atoms with Crippen LogP contribution in [0.25, 0.3) is 0 Å². The second-order valence-corrected chi connectivity index (χ2v) is 4.92. The van der Waals surface area contributed by atoms with Crippen molar-refractivity contribution in [2.24, 2.45) is 10.2 Å². The van der Waals surface area contributed by atoms with E-state index in [-0.39, 0.29) is 12.8 Å². The van der Waals surface area contributed by atoms with Gasteiger partial charge in [0.25, 0.3) is 0 Å². The maximum Gasteiger partial charge on any atom is 0.0812 e. The lowest BCUT2D eigenvalue weighted by Gasteiger charge is -2.23. The van der Waals surface area contributed by atoms with Gasteiger partial charge in [0.2, 0.25) is 0 Å². The lowest BCUT2D eigenvalue weighted by atomic mass is 10.0. The molecule has 92 valence electrons. The molecule has 0 aliphatic heterocycles. The number of aliphatic carboxylic acids is 2. The van der Waals surface area contributed by atoms with Gasteiger partial charge in [-0.2, -0.15) is 10.2 Å². The molecule has 0 aromatic carbocycles. The zero-order valence-electron chi connectivity index (χ0n) is 9.94. The molecular weight excluding hydrogens is 212 g/mol. The monoisotopic (exact) mass is 228 g/mol. The Hall–Kier alpha value is -1.46. The van der Waals surface area contributed by atoms with E-state index in [2.05, 4.69) is 10.2 Å². The van der Waals surface area contributed by atoms with Crippen LogP contribution in [0.15, 0.2) is 10.2 Å². The summed E-state index contributed by atoms with van der Waals surface area (Å²) in [5.74, 6) is -2.44. The fraction of sp³-hybridized carbons (Fsp3) is 0.800. The Bertz CT molecular complexity index is 278. The van der Waals surface area contributed by atoms with Gasteiger partial charge >= 0.3 is 0 Å². The molecule has 0 atom stereocenters. The van der Waals surface area contributed by atoms with E-state index in [1.807, 2.05) is 0 Å². The quantitative estimate of drug-likeness (QED) is 0.559. The van der Waals surface area contributed by atoms with Gasteiger partial charge in [0, 0.05) is 24.8 Å². The molecule has 0 radical (unpaired) electrons. The largest absolute Gasteiger partial charge is 0.550 e. The third-order valence-corrected chi connectivity index (χ3v) is 1.75. The zero-order valence-corrected chi connectivity index (χ0v) is 9.94. The predicted octanol–water partition coefficient (Wildman–Crippen LogP) is -0.724. The van der Waals surface area contributed by atoms with Gasteiger partial charge in [0.1, 0.15) is 0 Å². The van der Waals surface area contributed by atoms with E-state index in [9.17, 15) is 19.8 Å². The smallest absolute Gasteiger partial charge is 0.0812 e. The van der Waals surface area contributed by atoms with Crippen LogP contribution >= 0.6 is 0 Å². The van der Waals surface area contributed by atoms with Crippen molar-refractivity contribution in [2.45, 2.75) is 51.6 Å². The van der Waals surface area contributed by atoms with Gasteiger partial charge < -0.3 is 19.8 Å². The fourth-order valence-electron chi connectivity index (χ4n) is 1.05. The lowest BCUT2D eigenvalue weighted by Crippen LogP contribution is -2.34. The van der Waals surface area contributed by atoms with Crippen LogP contribution in [0.4, 0.5) is 0 Å². The van der Waals surface area contributed by atoms with Crippen LogP contribution in [0.1, 0.15) is 40.5 Å². The van der Waals surface area contributed by atoms with E-state index in [0.29, 0.717) is 0 Å². The number of carboxylic acids is 2. The van der Waals surface area contributed by atoms with E-state index in [1.165, 1.54) is 0 Å². The summed E-state index contributed by atoms with van der Waals surface area (Å²) in [5.41, 5.74) is -1.80. The van der Waals surface area contributed by atoms with Crippen LogP contribution in [0, 0.1) is 0 Å². The van der Waals surface area contributed by atoms with Crippen LogP contribution in [0.5, 0.6) is 0 Å². The van der Waals surface area contributed by atoms with Gasteiger partial charge in [-0.1, -0.05) is 0 Å². The summed E-state index contributed by atoms with van der Waals surface area (Å²) < 4.78 is 0. The molecule has 0 rings (SSSR count). The van der Waals surface area contributed by atoms with Crippen LogP contribution < -0.4 is 10.2 Å². The molecule has 6 nitrogen and oxygen atoms in total. The van der Waals surface area contributed by atoms with Gasteiger partial charge in [-0.05, 0) is 27.7 Å². The standard InChI is InChI=1S/C10H18N2O4/c1-9(2,5-7(13)14)11-12-10(3,4)6-8(15)16/h5-6H2,1-4H3,(H,13,14)(H,15,16)/p-2. The molecule has 0 unspecified atom stereocenters. The molecule has 16 heavy (non-hydrogen) atoms. The zero-order chi connectivity index (χ0) is 13.0. The lowest BCUT2D eigenvalue weighted by molar-refractivity contribution is -0.308. The number of carboxylic acid groups (broad SMARTS) is 2. The maximum atomic E-state index is 10.4. The van der Waals surface area contributed by atoms with Crippen LogP contribution in [-0.4, -0.2) is 23.0 Å². The highest BCUT2D eigenvalue weighted by atomic mass is 16.4. The highest BCUT2D eigenvalue weighted by Gasteiger charge is 2.21. The SMILES string of the molecule is CC(C)(CC(=O)[O-])N=NC(C)(C)CC(=O)[O-]. The second-order valence-electron chi connectivity index (χ2n) is 4.92. The van der Waals surface area contributed by atoms with Crippen LogP contribution in [-0.2, 0) is 9.59 Å². The van der Waals surface area contributed by atoms with Crippen LogP contribution in [0.3, 0.4) is 0 Å². The summed E-state index contributed by atoms with van der Waals surface area (Å²) in [4.78, 5) is 20.8. The van der Waals surface area contributed by atoms with Gasteiger partial charge in [-0.25, -0.2) is 0 Å². The molecule has 0 fully saturated rings. The van der Waals surface area contributed by atoms with Gasteiger partial charge in [0.15, 0.2) is 0 Å². The summed E-state index contributed by atoms with van der Waals surface area (Å²) in [5, 5.41) is 28.5. The first-order chi connectivity index (χ1) is 7.04. The topological polar surface area (TPSA) is 105 Å². The Kier molecular flexibility index (Phi) is 4.59. The number of azo groups is 1. The van der Waals surface area contributed by atoms with Crippen molar-refractivity contribution in [2.75, 3.05) is 0 Å². The van der Waals surface area contributed by atoms with Gasteiger partial charge in [-0.3, -0.25) is 0 Å². The van der Waals surface area contributed by atoms with E-state index < -0.39 is 23.0 Å². The van der Waals surface area contributed by atoms with Crippen molar-refractivity contribution in [1.82, 2.24) is 0 Å². The van der Waals surface area contributed by atoms with Crippen molar-refractivity contribution in [3.05, 3.63) is 0 Å². The Morgan fingerprint density at radius 3 is 1.31 bits per heavy atom. The van der Waals surface area contributed by atoms with Gasteiger partial charge in [-0.15, -0.1) is 0 Å². The molecule has 0 aliphatic rings. The molecule has 0 spiro atoms. The van der Waals surface area contributed by atoms with E-state index in [1.54, 1.807) is 27.7 Å². The average Bonchev–Trinajstić information content (AvgIpc) is 1.96. The van der Waals surface area contributed by atoms with Crippen LogP contribution in [0.2, 0.25) is 0 Å². The summed E-state index contributed by atoms with van der Waals surface area (Å²) >= 11 is 0. The molecule has 0 amide bonds. The third-order valence-electron chi connectivity index (χ3n) is 1.75. The summed E-state index contributed by atoms with van der Waals surface area (Å²) in [6.45, 7) is 6.34. The summed E-state index contributed by atoms with van der Waals surface area (Å²) in [6, 6.07) is 0. The van der Waals surface area contributed by atoms with Crippen molar-refractivity contribution in [3.8, 4) is 0 Å². The van der Waals surface area contributed by atoms with E-state index in [0.717, 1.165) is 0 Å². The molecule has 0 bridgehead atoms. The Labute approximate surface area is 94.4 Å². The number of carbonyl (C=O) groups is 2.